The molecule has 1 atom stereocenters. The summed E-state index contributed by atoms with van der Waals surface area (Å²) < 4.78 is 5.58. The van der Waals surface area contributed by atoms with E-state index in [9.17, 15) is 4.79 Å². The van der Waals surface area contributed by atoms with Gasteiger partial charge in [-0.15, -0.1) is 0 Å². The zero-order valence-electron chi connectivity index (χ0n) is 22.3. The minimum Gasteiger partial charge on any atom is -0.426 e. The average molecular weight is 487 g/mol. The van der Waals surface area contributed by atoms with Gasteiger partial charge in [0.05, 0.1) is 5.92 Å². The molecule has 0 amide bonds. The van der Waals surface area contributed by atoms with Crippen LogP contribution in [0.15, 0.2) is 60.9 Å². The van der Waals surface area contributed by atoms with E-state index in [1.165, 1.54) is 56.9 Å². The Morgan fingerprint density at radius 2 is 1.31 bits per heavy atom. The molecule has 0 aliphatic rings. The first-order valence-electron chi connectivity index (χ1n) is 13.8. The van der Waals surface area contributed by atoms with Crippen molar-refractivity contribution in [1.82, 2.24) is 9.97 Å². The van der Waals surface area contributed by atoms with Crippen molar-refractivity contribution in [2.45, 2.75) is 91.4 Å². The molecule has 192 valence electrons. The van der Waals surface area contributed by atoms with Crippen LogP contribution in [0.5, 0.6) is 5.75 Å². The van der Waals surface area contributed by atoms with Gasteiger partial charge in [0.1, 0.15) is 5.75 Å². The van der Waals surface area contributed by atoms with E-state index in [-0.39, 0.29) is 11.9 Å². The van der Waals surface area contributed by atoms with Gasteiger partial charge in [0.2, 0.25) is 0 Å². The van der Waals surface area contributed by atoms with Crippen molar-refractivity contribution in [3.63, 3.8) is 0 Å². The number of esters is 1. The third kappa shape index (κ3) is 8.89. The number of carbonyl (C=O) groups is 1. The Morgan fingerprint density at radius 3 is 1.94 bits per heavy atom. The number of unbranched alkanes of at least 4 members (excludes halogenated alkanes) is 7. The monoisotopic (exact) mass is 486 g/mol. The molecule has 0 saturated carbocycles. The second kappa shape index (κ2) is 15.2. The van der Waals surface area contributed by atoms with Gasteiger partial charge in [-0.3, -0.25) is 4.79 Å². The lowest BCUT2D eigenvalue weighted by Gasteiger charge is -2.11. The van der Waals surface area contributed by atoms with E-state index in [0.717, 1.165) is 41.8 Å². The number of hydrogen-bond donors (Lipinski definition) is 0. The van der Waals surface area contributed by atoms with Gasteiger partial charge in [0.25, 0.3) is 0 Å². The minimum absolute atomic E-state index is 0.0812. The summed E-state index contributed by atoms with van der Waals surface area (Å²) >= 11 is 0. The van der Waals surface area contributed by atoms with Crippen molar-refractivity contribution in [3.8, 4) is 28.3 Å². The van der Waals surface area contributed by atoms with Crippen LogP contribution in [-0.4, -0.2) is 15.9 Å². The molecular weight excluding hydrogens is 444 g/mol. The molecule has 0 saturated heterocycles. The third-order valence-electron chi connectivity index (χ3n) is 6.73. The molecule has 1 aromatic heterocycles. The fourth-order valence-corrected chi connectivity index (χ4v) is 4.31. The molecule has 1 heterocycles. The van der Waals surface area contributed by atoms with E-state index >= 15 is 0 Å². The van der Waals surface area contributed by atoms with Crippen LogP contribution in [0.3, 0.4) is 0 Å². The second-order valence-electron chi connectivity index (χ2n) is 9.85. The minimum atomic E-state index is -0.158. The summed E-state index contributed by atoms with van der Waals surface area (Å²) in [5.41, 5.74) is 4.33. The lowest BCUT2D eigenvalue weighted by atomic mass is 10.0. The topological polar surface area (TPSA) is 52.1 Å². The maximum atomic E-state index is 12.4. The van der Waals surface area contributed by atoms with E-state index < -0.39 is 0 Å². The molecule has 1 unspecified atom stereocenters. The van der Waals surface area contributed by atoms with Crippen molar-refractivity contribution in [1.29, 1.82) is 0 Å². The maximum absolute atomic E-state index is 12.4. The van der Waals surface area contributed by atoms with E-state index in [2.05, 4.69) is 48.1 Å². The number of ether oxygens (including phenoxy) is 1. The molecule has 3 aromatic rings. The predicted octanol–water partition coefficient (Wildman–Crippen LogP) is 8.84. The SMILES string of the molecule is CCCCCCCc1ccc(-c2ncc(-c3ccc(OC(=O)C(C)CCCCCC)cc3)cn2)cc1. The van der Waals surface area contributed by atoms with Crippen LogP contribution in [0.1, 0.15) is 90.5 Å². The highest BCUT2D eigenvalue weighted by atomic mass is 16.5. The van der Waals surface area contributed by atoms with Crippen molar-refractivity contribution in [2.75, 3.05) is 0 Å². The van der Waals surface area contributed by atoms with Crippen LogP contribution < -0.4 is 4.74 Å². The highest BCUT2D eigenvalue weighted by molar-refractivity contribution is 5.75. The van der Waals surface area contributed by atoms with Crippen LogP contribution >= 0.6 is 0 Å². The Kier molecular flexibility index (Phi) is 11.6. The molecule has 4 heteroatoms. The Hall–Kier alpha value is -3.01. The molecule has 4 nitrogen and oxygen atoms in total. The lowest BCUT2D eigenvalue weighted by Crippen LogP contribution is -2.17. The van der Waals surface area contributed by atoms with Gasteiger partial charge in [0.15, 0.2) is 5.82 Å². The lowest BCUT2D eigenvalue weighted by molar-refractivity contribution is -0.138. The van der Waals surface area contributed by atoms with Crippen molar-refractivity contribution < 1.29 is 9.53 Å². The van der Waals surface area contributed by atoms with Crippen LogP contribution in [0.4, 0.5) is 0 Å². The van der Waals surface area contributed by atoms with Gasteiger partial charge < -0.3 is 4.74 Å². The molecule has 2 aromatic carbocycles. The van der Waals surface area contributed by atoms with Crippen LogP contribution in [0.2, 0.25) is 0 Å². The summed E-state index contributed by atoms with van der Waals surface area (Å²) in [5, 5.41) is 0. The maximum Gasteiger partial charge on any atom is 0.314 e. The average Bonchev–Trinajstić information content (AvgIpc) is 2.92. The number of hydrogen-bond acceptors (Lipinski definition) is 4. The van der Waals surface area contributed by atoms with Gasteiger partial charge in [0, 0.05) is 23.5 Å². The Morgan fingerprint density at radius 1 is 0.722 bits per heavy atom. The molecule has 0 N–H and O–H groups in total. The number of carbonyl (C=O) groups excluding carboxylic acids is 1. The Labute approximate surface area is 217 Å². The smallest absolute Gasteiger partial charge is 0.314 e. The first-order valence-corrected chi connectivity index (χ1v) is 13.8. The zero-order valence-corrected chi connectivity index (χ0v) is 22.3. The van der Waals surface area contributed by atoms with Gasteiger partial charge >= 0.3 is 5.97 Å². The van der Waals surface area contributed by atoms with Crippen LogP contribution in [0, 0.1) is 5.92 Å². The summed E-state index contributed by atoms with van der Waals surface area (Å²) in [4.78, 5) is 21.6. The molecule has 0 spiro atoms. The highest BCUT2D eigenvalue weighted by Crippen LogP contribution is 2.24. The number of rotatable bonds is 15. The van der Waals surface area contributed by atoms with Gasteiger partial charge in [-0.05, 0) is 42.5 Å². The summed E-state index contributed by atoms with van der Waals surface area (Å²) in [5.74, 6) is 1.07. The van der Waals surface area contributed by atoms with Crippen LogP contribution in [-0.2, 0) is 11.2 Å². The number of benzene rings is 2. The van der Waals surface area contributed by atoms with Crippen molar-refractivity contribution in [2.24, 2.45) is 5.92 Å². The van der Waals surface area contributed by atoms with Crippen LogP contribution in [0.25, 0.3) is 22.5 Å². The fourth-order valence-electron chi connectivity index (χ4n) is 4.31. The largest absolute Gasteiger partial charge is 0.426 e. The zero-order chi connectivity index (χ0) is 25.6. The van der Waals surface area contributed by atoms with Gasteiger partial charge in [-0.1, -0.05) is 109 Å². The molecule has 3 rings (SSSR count). The molecule has 0 aliphatic carbocycles. The Bertz CT molecular complexity index is 1030. The summed E-state index contributed by atoms with van der Waals surface area (Å²) in [7, 11) is 0. The number of nitrogens with zero attached hydrogens (tertiary/aromatic N) is 2. The van der Waals surface area contributed by atoms with E-state index in [0.29, 0.717) is 5.75 Å². The normalized spacial score (nSPS) is 11.9. The molecule has 0 bridgehead atoms. The van der Waals surface area contributed by atoms with E-state index in [4.69, 9.17) is 4.74 Å². The quantitative estimate of drug-likeness (QED) is 0.122. The van der Waals surface area contributed by atoms with E-state index in [1.54, 1.807) is 0 Å². The van der Waals surface area contributed by atoms with Gasteiger partial charge in [-0.25, -0.2) is 9.97 Å². The fraction of sp³-hybridized carbons (Fsp3) is 0.469. The first kappa shape index (κ1) is 27.6. The van der Waals surface area contributed by atoms with Gasteiger partial charge in [-0.2, -0.15) is 0 Å². The highest BCUT2D eigenvalue weighted by Gasteiger charge is 2.15. The predicted molar refractivity (Wildman–Crippen MR) is 149 cm³/mol. The third-order valence-corrected chi connectivity index (χ3v) is 6.73. The molecule has 0 radical (unpaired) electrons. The van der Waals surface area contributed by atoms with E-state index in [1.807, 2.05) is 43.6 Å². The second-order valence-corrected chi connectivity index (χ2v) is 9.85. The summed E-state index contributed by atoms with van der Waals surface area (Å²) in [6, 6.07) is 16.2. The molecule has 0 fully saturated rings. The molecule has 0 aliphatic heterocycles. The summed E-state index contributed by atoms with van der Waals surface area (Å²) in [6.07, 6.45) is 16.9. The Balaban J connectivity index is 1.51. The molecule has 36 heavy (non-hydrogen) atoms. The first-order chi connectivity index (χ1) is 17.6. The van der Waals surface area contributed by atoms with Crippen molar-refractivity contribution in [3.05, 3.63) is 66.5 Å². The standard InChI is InChI=1S/C32H42N2O2/c1-4-6-8-10-12-14-26-15-17-28(18-16-26)31-33-23-29(24-34-31)27-19-21-30(22-20-27)36-32(35)25(3)13-11-9-7-5-2/h15-25H,4-14H2,1-3H3. The van der Waals surface area contributed by atoms with Crippen molar-refractivity contribution >= 4 is 5.97 Å². The summed E-state index contributed by atoms with van der Waals surface area (Å²) in [6.45, 7) is 6.39. The number of aromatic nitrogens is 2. The number of aryl methyl sites for hydroxylation is 1. The molecular formula is C32H42N2O2.